The third kappa shape index (κ3) is 4.84. The number of likely N-dealkylation sites (tertiary alicyclic amines) is 1. The van der Waals surface area contributed by atoms with E-state index in [1.165, 1.54) is 0 Å². The van der Waals surface area contributed by atoms with Gasteiger partial charge in [0.1, 0.15) is 18.8 Å². The van der Waals surface area contributed by atoms with Crippen LogP contribution >= 0.6 is 0 Å². The molecule has 0 bridgehead atoms. The minimum Gasteiger partial charge on any atom is -0.486 e. The molecule has 1 fully saturated rings. The predicted molar refractivity (Wildman–Crippen MR) is 100 cm³/mol. The van der Waals surface area contributed by atoms with E-state index in [0.29, 0.717) is 49.9 Å². The van der Waals surface area contributed by atoms with Crippen molar-refractivity contribution in [2.24, 2.45) is 5.92 Å². The van der Waals surface area contributed by atoms with E-state index in [9.17, 15) is 9.59 Å². The van der Waals surface area contributed by atoms with Gasteiger partial charge in [0.05, 0.1) is 0 Å². The number of fused-ring (bicyclic) bond motifs is 1. The van der Waals surface area contributed by atoms with Gasteiger partial charge in [0.25, 0.3) is 5.91 Å². The molecule has 0 radical (unpaired) electrons. The second kappa shape index (κ2) is 7.66. The van der Waals surface area contributed by atoms with Crippen LogP contribution in [-0.2, 0) is 4.74 Å². The van der Waals surface area contributed by atoms with Gasteiger partial charge in [-0.15, -0.1) is 0 Å². The van der Waals surface area contributed by atoms with Crippen LogP contribution in [0.2, 0.25) is 0 Å². The van der Waals surface area contributed by atoms with Gasteiger partial charge in [-0.3, -0.25) is 4.79 Å². The SMILES string of the molecule is CN(CC1CCN(C(=O)OC(C)(C)C)C1)C(=O)c1ccc2c(c1)OCCO2. The molecule has 1 saturated heterocycles. The van der Waals surface area contributed by atoms with Gasteiger partial charge in [-0.1, -0.05) is 0 Å². The summed E-state index contributed by atoms with van der Waals surface area (Å²) < 4.78 is 16.5. The number of hydrogen-bond acceptors (Lipinski definition) is 5. The van der Waals surface area contributed by atoms with Crippen molar-refractivity contribution >= 4 is 12.0 Å². The van der Waals surface area contributed by atoms with Crippen molar-refractivity contribution in [3.8, 4) is 11.5 Å². The van der Waals surface area contributed by atoms with Gasteiger partial charge >= 0.3 is 6.09 Å². The number of hydrogen-bond donors (Lipinski definition) is 0. The number of amides is 2. The van der Waals surface area contributed by atoms with Gasteiger partial charge in [-0.2, -0.15) is 0 Å². The summed E-state index contributed by atoms with van der Waals surface area (Å²) in [7, 11) is 1.79. The van der Waals surface area contributed by atoms with E-state index in [2.05, 4.69) is 0 Å². The number of carbonyl (C=O) groups is 2. The van der Waals surface area contributed by atoms with Crippen molar-refractivity contribution in [1.29, 1.82) is 0 Å². The van der Waals surface area contributed by atoms with Crippen molar-refractivity contribution < 1.29 is 23.8 Å². The van der Waals surface area contributed by atoms with Crippen LogP contribution in [0.1, 0.15) is 37.6 Å². The Morgan fingerprint density at radius 2 is 1.93 bits per heavy atom. The molecule has 0 aromatic heterocycles. The Kier molecular flexibility index (Phi) is 5.48. The molecule has 7 heteroatoms. The lowest BCUT2D eigenvalue weighted by atomic mass is 10.1. The van der Waals surface area contributed by atoms with Crippen molar-refractivity contribution in [2.75, 3.05) is 39.9 Å². The molecule has 1 atom stereocenters. The lowest BCUT2D eigenvalue weighted by Gasteiger charge is -2.25. The second-order valence-corrected chi connectivity index (χ2v) is 8.13. The van der Waals surface area contributed by atoms with Gasteiger partial charge in [0.15, 0.2) is 11.5 Å². The first-order chi connectivity index (χ1) is 12.7. The highest BCUT2D eigenvalue weighted by Crippen LogP contribution is 2.31. The molecule has 0 N–H and O–H groups in total. The molecule has 1 aromatic rings. The van der Waals surface area contributed by atoms with Gasteiger partial charge in [0, 0.05) is 32.2 Å². The summed E-state index contributed by atoms with van der Waals surface area (Å²) in [5, 5.41) is 0. The fraction of sp³-hybridized carbons (Fsp3) is 0.600. The Morgan fingerprint density at radius 3 is 2.63 bits per heavy atom. The lowest BCUT2D eigenvalue weighted by molar-refractivity contribution is 0.0286. The second-order valence-electron chi connectivity index (χ2n) is 8.13. The van der Waals surface area contributed by atoms with Crippen LogP contribution in [0.25, 0.3) is 0 Å². The van der Waals surface area contributed by atoms with Gasteiger partial charge < -0.3 is 24.0 Å². The van der Waals surface area contributed by atoms with E-state index in [0.717, 1.165) is 6.42 Å². The largest absolute Gasteiger partial charge is 0.486 e. The fourth-order valence-corrected chi connectivity index (χ4v) is 3.34. The van der Waals surface area contributed by atoms with E-state index in [4.69, 9.17) is 14.2 Å². The topological polar surface area (TPSA) is 68.3 Å². The summed E-state index contributed by atoms with van der Waals surface area (Å²) in [5.41, 5.74) is 0.0731. The van der Waals surface area contributed by atoms with Crippen molar-refractivity contribution in [3.63, 3.8) is 0 Å². The summed E-state index contributed by atoms with van der Waals surface area (Å²) in [4.78, 5) is 28.4. The zero-order valence-corrected chi connectivity index (χ0v) is 16.5. The van der Waals surface area contributed by atoms with Crippen molar-refractivity contribution in [1.82, 2.24) is 9.80 Å². The summed E-state index contributed by atoms with van der Waals surface area (Å²) in [6.07, 6.45) is 0.573. The van der Waals surface area contributed by atoms with Crippen LogP contribution in [0.5, 0.6) is 11.5 Å². The first-order valence-corrected chi connectivity index (χ1v) is 9.36. The van der Waals surface area contributed by atoms with Gasteiger partial charge in [-0.05, 0) is 51.3 Å². The summed E-state index contributed by atoms with van der Waals surface area (Å²) >= 11 is 0. The third-order valence-corrected chi connectivity index (χ3v) is 4.61. The first kappa shape index (κ1) is 19.3. The van der Waals surface area contributed by atoms with Gasteiger partial charge in [-0.25, -0.2) is 4.79 Å². The zero-order chi connectivity index (χ0) is 19.6. The Hall–Kier alpha value is -2.44. The molecule has 0 aliphatic carbocycles. The number of rotatable bonds is 3. The quantitative estimate of drug-likeness (QED) is 0.811. The zero-order valence-electron chi connectivity index (χ0n) is 16.5. The maximum atomic E-state index is 12.7. The molecule has 27 heavy (non-hydrogen) atoms. The molecule has 7 nitrogen and oxygen atoms in total. The lowest BCUT2D eigenvalue weighted by Crippen LogP contribution is -2.37. The Labute approximate surface area is 160 Å². The maximum absolute atomic E-state index is 12.7. The average Bonchev–Trinajstić information content (AvgIpc) is 3.08. The standard InChI is InChI=1S/C20H28N2O5/c1-20(2,3)27-19(24)22-8-7-14(13-22)12-21(4)18(23)15-5-6-16-17(11-15)26-10-9-25-16/h5-6,11,14H,7-10,12-13H2,1-4H3. The highest BCUT2D eigenvalue weighted by molar-refractivity contribution is 5.94. The van der Waals surface area contributed by atoms with Crippen molar-refractivity contribution in [3.05, 3.63) is 23.8 Å². The molecule has 3 rings (SSSR count). The molecule has 148 valence electrons. The Balaban J connectivity index is 1.55. The molecular weight excluding hydrogens is 348 g/mol. The van der Waals surface area contributed by atoms with Gasteiger partial charge in [0.2, 0.25) is 0 Å². The minimum absolute atomic E-state index is 0.0670. The molecule has 2 aliphatic heterocycles. The number of nitrogens with zero attached hydrogens (tertiary/aromatic N) is 2. The molecule has 2 amide bonds. The highest BCUT2D eigenvalue weighted by atomic mass is 16.6. The van der Waals surface area contributed by atoms with Crippen LogP contribution in [0.3, 0.4) is 0 Å². The van der Waals surface area contributed by atoms with Crippen LogP contribution < -0.4 is 9.47 Å². The first-order valence-electron chi connectivity index (χ1n) is 9.36. The highest BCUT2D eigenvalue weighted by Gasteiger charge is 2.31. The van der Waals surface area contributed by atoms with Crippen LogP contribution in [0.15, 0.2) is 18.2 Å². The van der Waals surface area contributed by atoms with E-state index >= 15 is 0 Å². The summed E-state index contributed by atoms with van der Waals surface area (Å²) in [5.74, 6) is 1.45. The molecule has 1 aromatic carbocycles. The predicted octanol–water partition coefficient (Wildman–Crippen LogP) is 2.79. The maximum Gasteiger partial charge on any atom is 0.410 e. The molecule has 1 unspecified atom stereocenters. The van der Waals surface area contributed by atoms with E-state index in [1.807, 2.05) is 20.8 Å². The molecule has 2 heterocycles. The normalized spacial score (nSPS) is 19.0. The van der Waals surface area contributed by atoms with E-state index < -0.39 is 5.60 Å². The van der Waals surface area contributed by atoms with Crippen molar-refractivity contribution in [2.45, 2.75) is 32.8 Å². The molecular formula is C20H28N2O5. The Bertz CT molecular complexity index is 713. The minimum atomic E-state index is -0.500. The van der Waals surface area contributed by atoms with Crippen LogP contribution in [-0.4, -0.2) is 67.3 Å². The fourth-order valence-electron chi connectivity index (χ4n) is 3.34. The van der Waals surface area contributed by atoms with E-state index in [1.54, 1.807) is 35.0 Å². The monoisotopic (exact) mass is 376 g/mol. The third-order valence-electron chi connectivity index (χ3n) is 4.61. The summed E-state index contributed by atoms with van der Waals surface area (Å²) in [6.45, 7) is 8.44. The number of benzene rings is 1. The van der Waals surface area contributed by atoms with Crippen LogP contribution in [0.4, 0.5) is 4.79 Å². The summed E-state index contributed by atoms with van der Waals surface area (Å²) in [6, 6.07) is 5.26. The average molecular weight is 376 g/mol. The van der Waals surface area contributed by atoms with E-state index in [-0.39, 0.29) is 17.9 Å². The number of ether oxygens (including phenoxy) is 3. The Morgan fingerprint density at radius 1 is 1.22 bits per heavy atom. The molecule has 0 spiro atoms. The molecule has 0 saturated carbocycles. The number of carbonyl (C=O) groups excluding carboxylic acids is 2. The smallest absolute Gasteiger partial charge is 0.410 e. The van der Waals surface area contributed by atoms with Crippen LogP contribution in [0, 0.1) is 5.92 Å². The molecule has 2 aliphatic rings.